The Balaban J connectivity index is 1.77. The summed E-state index contributed by atoms with van der Waals surface area (Å²) in [5.41, 5.74) is 0.616. The molecule has 2 amide bonds. The molecular weight excluding hydrogens is 317 g/mol. The lowest BCUT2D eigenvalue weighted by Gasteiger charge is -2.14. The molecule has 2 aromatic rings. The number of aryl methyl sites for hydroxylation is 1. The summed E-state index contributed by atoms with van der Waals surface area (Å²) in [5.74, 6) is -0.207. The fourth-order valence-corrected chi connectivity index (χ4v) is 2.41. The second kappa shape index (κ2) is 6.26. The Bertz CT molecular complexity index is 791. The maximum Gasteiger partial charge on any atom is 0.414 e. The number of aromatic nitrogens is 3. The van der Waals surface area contributed by atoms with Crippen molar-refractivity contribution >= 4 is 17.7 Å². The molecule has 126 valence electrons. The monoisotopic (exact) mass is 333 g/mol. The molecule has 1 aromatic heterocycles. The predicted octanol–water partition coefficient (Wildman–Crippen LogP) is 1.18. The zero-order valence-electron chi connectivity index (χ0n) is 13.2. The number of halogens is 1. The highest BCUT2D eigenvalue weighted by Gasteiger charge is 2.32. The van der Waals surface area contributed by atoms with Crippen molar-refractivity contribution < 1.29 is 18.7 Å². The minimum Gasteiger partial charge on any atom is -0.442 e. The first-order valence-corrected chi connectivity index (χ1v) is 7.35. The number of benzene rings is 1. The van der Waals surface area contributed by atoms with Crippen LogP contribution in [0.4, 0.5) is 14.9 Å². The molecule has 24 heavy (non-hydrogen) atoms. The minimum absolute atomic E-state index is 0.206. The Morgan fingerprint density at radius 1 is 1.50 bits per heavy atom. The van der Waals surface area contributed by atoms with Gasteiger partial charge in [-0.3, -0.25) is 9.69 Å². The molecule has 0 bridgehead atoms. The number of carbonyl (C=O) groups is 2. The van der Waals surface area contributed by atoms with Crippen molar-refractivity contribution in [3.05, 3.63) is 36.2 Å². The van der Waals surface area contributed by atoms with E-state index in [0.717, 1.165) is 0 Å². The number of carbonyl (C=O) groups excluding carboxylic acids is 2. The molecule has 1 aliphatic rings. The van der Waals surface area contributed by atoms with E-state index in [1.54, 1.807) is 13.0 Å². The quantitative estimate of drug-likeness (QED) is 0.907. The molecular formula is C15H16FN5O3. The normalized spacial score (nSPS) is 17.0. The van der Waals surface area contributed by atoms with Crippen molar-refractivity contribution in [1.29, 1.82) is 0 Å². The first-order valence-electron chi connectivity index (χ1n) is 7.35. The summed E-state index contributed by atoms with van der Waals surface area (Å²) in [6, 6.07) is 4.37. The van der Waals surface area contributed by atoms with Crippen LogP contribution in [0.25, 0.3) is 5.69 Å². The Labute approximate surface area is 137 Å². The van der Waals surface area contributed by atoms with Crippen LogP contribution in [0.15, 0.2) is 24.5 Å². The highest BCUT2D eigenvalue weighted by atomic mass is 19.1. The molecule has 9 heteroatoms. The molecule has 0 spiro atoms. The van der Waals surface area contributed by atoms with Crippen LogP contribution in [0.5, 0.6) is 0 Å². The third-order valence-corrected chi connectivity index (χ3v) is 3.55. The van der Waals surface area contributed by atoms with Crippen LogP contribution in [0.2, 0.25) is 0 Å². The maximum absolute atomic E-state index is 14.4. The van der Waals surface area contributed by atoms with Gasteiger partial charge in [-0.2, -0.15) is 5.10 Å². The smallest absolute Gasteiger partial charge is 0.414 e. The molecule has 8 nitrogen and oxygen atoms in total. The topological polar surface area (TPSA) is 89.4 Å². The van der Waals surface area contributed by atoms with Gasteiger partial charge in [0, 0.05) is 6.92 Å². The zero-order chi connectivity index (χ0) is 17.3. The molecule has 1 atom stereocenters. The third-order valence-electron chi connectivity index (χ3n) is 3.55. The fraction of sp³-hybridized carbons (Fsp3) is 0.333. The Kier molecular flexibility index (Phi) is 4.15. The second-order valence-corrected chi connectivity index (χ2v) is 5.43. The molecule has 1 fully saturated rings. The largest absolute Gasteiger partial charge is 0.442 e. The summed E-state index contributed by atoms with van der Waals surface area (Å²) in [6.45, 7) is 3.55. The van der Waals surface area contributed by atoms with Gasteiger partial charge in [0.2, 0.25) is 5.91 Å². The number of rotatable bonds is 4. The van der Waals surface area contributed by atoms with E-state index in [4.69, 9.17) is 4.74 Å². The van der Waals surface area contributed by atoms with Crippen LogP contribution in [0, 0.1) is 12.7 Å². The van der Waals surface area contributed by atoms with E-state index in [1.807, 2.05) is 0 Å². The van der Waals surface area contributed by atoms with Crippen molar-refractivity contribution in [3.63, 3.8) is 0 Å². The minimum atomic E-state index is -0.575. The van der Waals surface area contributed by atoms with E-state index >= 15 is 0 Å². The average Bonchev–Trinajstić information content (AvgIpc) is 3.11. The summed E-state index contributed by atoms with van der Waals surface area (Å²) in [5, 5.41) is 6.65. The van der Waals surface area contributed by atoms with E-state index in [2.05, 4.69) is 15.4 Å². The van der Waals surface area contributed by atoms with Gasteiger partial charge in [-0.15, -0.1) is 0 Å². The van der Waals surface area contributed by atoms with Gasteiger partial charge in [-0.05, 0) is 25.1 Å². The van der Waals surface area contributed by atoms with Gasteiger partial charge in [0.05, 0.1) is 18.8 Å². The standard InChI is InChI=1S/C15H16FN5O3/c1-9-18-8-21(19-9)14-4-3-11(5-13(14)16)20-7-12(24-15(20)23)6-17-10(2)22/h3-5,8,12H,6-7H2,1-2H3,(H,17,22)/t12-/m0/s1. The predicted molar refractivity (Wildman–Crippen MR) is 82.4 cm³/mol. The molecule has 0 unspecified atom stereocenters. The van der Waals surface area contributed by atoms with E-state index in [-0.39, 0.29) is 24.7 Å². The van der Waals surface area contributed by atoms with E-state index in [1.165, 1.54) is 35.0 Å². The Morgan fingerprint density at radius 2 is 2.29 bits per heavy atom. The Morgan fingerprint density at radius 3 is 2.92 bits per heavy atom. The first-order chi connectivity index (χ1) is 11.4. The van der Waals surface area contributed by atoms with E-state index in [9.17, 15) is 14.0 Å². The Hall–Kier alpha value is -2.97. The maximum atomic E-state index is 14.4. The number of cyclic esters (lactones) is 1. The number of hydrogen-bond donors (Lipinski definition) is 1. The van der Waals surface area contributed by atoms with Gasteiger partial charge >= 0.3 is 6.09 Å². The summed E-state index contributed by atoms with van der Waals surface area (Å²) < 4.78 is 20.8. The SMILES string of the molecule is CC(=O)NC[C@H]1CN(c2ccc(-n3cnc(C)n3)c(F)c2)C(=O)O1. The molecule has 2 heterocycles. The number of nitrogens with one attached hydrogen (secondary N) is 1. The van der Waals surface area contributed by atoms with Crippen LogP contribution >= 0.6 is 0 Å². The highest BCUT2D eigenvalue weighted by molar-refractivity contribution is 5.90. The second-order valence-electron chi connectivity index (χ2n) is 5.43. The van der Waals surface area contributed by atoms with Gasteiger partial charge in [-0.25, -0.2) is 18.9 Å². The molecule has 1 N–H and O–H groups in total. The van der Waals surface area contributed by atoms with Crippen molar-refractivity contribution in [2.75, 3.05) is 18.0 Å². The average molecular weight is 333 g/mol. The van der Waals surface area contributed by atoms with Crippen molar-refractivity contribution in [2.24, 2.45) is 0 Å². The fourth-order valence-electron chi connectivity index (χ4n) is 2.41. The van der Waals surface area contributed by atoms with E-state index in [0.29, 0.717) is 11.5 Å². The summed E-state index contributed by atoms with van der Waals surface area (Å²) in [7, 11) is 0. The van der Waals surface area contributed by atoms with Crippen molar-refractivity contribution in [2.45, 2.75) is 20.0 Å². The third kappa shape index (κ3) is 3.19. The lowest BCUT2D eigenvalue weighted by atomic mass is 10.2. The highest BCUT2D eigenvalue weighted by Crippen LogP contribution is 2.25. The van der Waals surface area contributed by atoms with Crippen molar-refractivity contribution in [1.82, 2.24) is 20.1 Å². The van der Waals surface area contributed by atoms with Gasteiger partial charge < -0.3 is 10.1 Å². The molecule has 1 aliphatic heterocycles. The molecule has 1 aromatic carbocycles. The number of amides is 2. The van der Waals surface area contributed by atoms with Gasteiger partial charge in [0.25, 0.3) is 0 Å². The van der Waals surface area contributed by atoms with Crippen LogP contribution in [0.3, 0.4) is 0 Å². The first kappa shape index (κ1) is 15.9. The number of hydrogen-bond acceptors (Lipinski definition) is 5. The molecule has 0 aliphatic carbocycles. The number of anilines is 1. The number of nitrogens with zero attached hydrogens (tertiary/aromatic N) is 4. The summed E-state index contributed by atoms with van der Waals surface area (Å²) in [4.78, 5) is 28.1. The molecule has 0 radical (unpaired) electrons. The van der Waals surface area contributed by atoms with Gasteiger partial charge in [0.1, 0.15) is 23.9 Å². The van der Waals surface area contributed by atoms with Crippen LogP contribution in [-0.4, -0.2) is 46.0 Å². The van der Waals surface area contributed by atoms with Crippen LogP contribution < -0.4 is 10.2 Å². The summed E-state index contributed by atoms with van der Waals surface area (Å²) >= 11 is 0. The van der Waals surface area contributed by atoms with E-state index < -0.39 is 18.0 Å². The van der Waals surface area contributed by atoms with Gasteiger partial charge in [-0.1, -0.05) is 0 Å². The van der Waals surface area contributed by atoms with Gasteiger partial charge in [0.15, 0.2) is 5.82 Å². The van der Waals surface area contributed by atoms with Crippen LogP contribution in [0.1, 0.15) is 12.7 Å². The van der Waals surface area contributed by atoms with Crippen LogP contribution in [-0.2, 0) is 9.53 Å². The lowest BCUT2D eigenvalue weighted by molar-refractivity contribution is -0.119. The zero-order valence-corrected chi connectivity index (χ0v) is 13.2. The molecule has 1 saturated heterocycles. The number of ether oxygens (including phenoxy) is 1. The molecule has 3 rings (SSSR count). The summed E-state index contributed by atoms with van der Waals surface area (Å²) in [6.07, 6.45) is 0.372. The molecule has 0 saturated carbocycles. The van der Waals surface area contributed by atoms with Crippen molar-refractivity contribution in [3.8, 4) is 5.69 Å². The lowest BCUT2D eigenvalue weighted by Crippen LogP contribution is -2.33.